The summed E-state index contributed by atoms with van der Waals surface area (Å²) in [5, 5.41) is 20.6. The number of pyridine rings is 1. The SMILES string of the molecule is CCCCCc1ccc(Oc2cnc(C(=O)NCC(=O)O)c(O)c2)cc1. The number of rotatable bonds is 9. The summed E-state index contributed by atoms with van der Waals surface area (Å²) < 4.78 is 5.62. The van der Waals surface area contributed by atoms with Crippen LogP contribution in [0.1, 0.15) is 42.2 Å². The molecule has 0 atom stereocenters. The molecule has 1 aromatic heterocycles. The number of nitrogens with zero attached hydrogens (tertiary/aromatic N) is 1. The highest BCUT2D eigenvalue weighted by molar-refractivity contribution is 5.96. The second-order valence-corrected chi connectivity index (χ2v) is 5.82. The Kier molecular flexibility index (Phi) is 6.96. The number of carbonyl (C=O) groups is 2. The topological polar surface area (TPSA) is 109 Å². The van der Waals surface area contributed by atoms with Gasteiger partial charge in [-0.15, -0.1) is 0 Å². The lowest BCUT2D eigenvalue weighted by molar-refractivity contribution is -0.135. The van der Waals surface area contributed by atoms with Gasteiger partial charge in [0.2, 0.25) is 0 Å². The highest BCUT2D eigenvalue weighted by Crippen LogP contribution is 2.26. The number of ether oxygens (including phenoxy) is 1. The highest BCUT2D eigenvalue weighted by atomic mass is 16.5. The van der Waals surface area contributed by atoms with Crippen LogP contribution >= 0.6 is 0 Å². The number of hydrogen-bond donors (Lipinski definition) is 3. The van der Waals surface area contributed by atoms with Gasteiger partial charge in [-0.25, -0.2) is 4.98 Å². The van der Waals surface area contributed by atoms with E-state index in [1.807, 2.05) is 24.3 Å². The van der Waals surface area contributed by atoms with E-state index in [-0.39, 0.29) is 17.2 Å². The van der Waals surface area contributed by atoms with Crippen molar-refractivity contribution in [2.24, 2.45) is 0 Å². The van der Waals surface area contributed by atoms with Crippen molar-refractivity contribution >= 4 is 11.9 Å². The lowest BCUT2D eigenvalue weighted by Gasteiger charge is -2.09. The highest BCUT2D eigenvalue weighted by Gasteiger charge is 2.15. The first kappa shape index (κ1) is 19.2. The molecule has 0 unspecified atom stereocenters. The van der Waals surface area contributed by atoms with Crippen LogP contribution in [0.4, 0.5) is 0 Å². The van der Waals surface area contributed by atoms with Crippen LogP contribution in [0.25, 0.3) is 0 Å². The van der Waals surface area contributed by atoms with Gasteiger partial charge in [-0.05, 0) is 30.5 Å². The van der Waals surface area contributed by atoms with E-state index < -0.39 is 18.4 Å². The maximum absolute atomic E-state index is 11.7. The zero-order valence-corrected chi connectivity index (χ0v) is 14.6. The molecule has 0 saturated carbocycles. The number of amides is 1. The summed E-state index contributed by atoms with van der Waals surface area (Å²) in [6.45, 7) is 1.62. The lowest BCUT2D eigenvalue weighted by Crippen LogP contribution is -2.29. The molecule has 7 heteroatoms. The van der Waals surface area contributed by atoms with Crippen molar-refractivity contribution in [3.05, 3.63) is 47.8 Å². The van der Waals surface area contributed by atoms with Gasteiger partial charge < -0.3 is 20.3 Å². The Morgan fingerprint density at radius 2 is 1.88 bits per heavy atom. The van der Waals surface area contributed by atoms with Crippen molar-refractivity contribution < 1.29 is 24.5 Å². The maximum atomic E-state index is 11.7. The molecule has 3 N–H and O–H groups in total. The van der Waals surface area contributed by atoms with Gasteiger partial charge >= 0.3 is 5.97 Å². The summed E-state index contributed by atoms with van der Waals surface area (Å²) in [5.74, 6) is -1.48. The fraction of sp³-hybridized carbons (Fsp3) is 0.316. The molecule has 0 aliphatic rings. The van der Waals surface area contributed by atoms with Crippen LogP contribution in [0.15, 0.2) is 36.5 Å². The molecule has 26 heavy (non-hydrogen) atoms. The van der Waals surface area contributed by atoms with Crippen LogP contribution in [-0.2, 0) is 11.2 Å². The van der Waals surface area contributed by atoms with E-state index in [0.29, 0.717) is 5.75 Å². The second kappa shape index (κ2) is 9.41. The van der Waals surface area contributed by atoms with Gasteiger partial charge in [-0.2, -0.15) is 0 Å². The quantitative estimate of drug-likeness (QED) is 0.594. The predicted octanol–water partition coefficient (Wildman–Crippen LogP) is 3.13. The van der Waals surface area contributed by atoms with Crippen LogP contribution in [0.2, 0.25) is 0 Å². The van der Waals surface area contributed by atoms with Crippen LogP contribution in [-0.4, -0.2) is 33.6 Å². The number of benzene rings is 1. The van der Waals surface area contributed by atoms with E-state index in [1.165, 1.54) is 30.7 Å². The maximum Gasteiger partial charge on any atom is 0.322 e. The average molecular weight is 358 g/mol. The summed E-state index contributed by atoms with van der Waals surface area (Å²) in [4.78, 5) is 26.0. The van der Waals surface area contributed by atoms with Crippen LogP contribution in [0.3, 0.4) is 0 Å². The molecule has 0 aliphatic carbocycles. The Morgan fingerprint density at radius 1 is 1.15 bits per heavy atom. The second-order valence-electron chi connectivity index (χ2n) is 5.82. The Labute approximate surface area is 151 Å². The molecule has 2 aromatic rings. The summed E-state index contributed by atoms with van der Waals surface area (Å²) >= 11 is 0. The van der Waals surface area contributed by atoms with Gasteiger partial charge in [0.05, 0.1) is 6.20 Å². The first-order chi connectivity index (χ1) is 12.5. The first-order valence-electron chi connectivity index (χ1n) is 8.45. The largest absolute Gasteiger partial charge is 0.505 e. The average Bonchev–Trinajstić information content (AvgIpc) is 2.61. The van der Waals surface area contributed by atoms with Gasteiger partial charge in [-0.3, -0.25) is 9.59 Å². The number of carboxylic acid groups (broad SMARTS) is 1. The predicted molar refractivity (Wildman–Crippen MR) is 95.6 cm³/mol. The van der Waals surface area contributed by atoms with Gasteiger partial charge in [0.25, 0.3) is 5.91 Å². The smallest absolute Gasteiger partial charge is 0.322 e. The third kappa shape index (κ3) is 5.77. The number of aromatic nitrogens is 1. The number of unbranched alkanes of at least 4 members (excludes halogenated alkanes) is 2. The fourth-order valence-corrected chi connectivity index (χ4v) is 2.34. The molecule has 2 rings (SSSR count). The van der Waals surface area contributed by atoms with E-state index >= 15 is 0 Å². The Hall–Kier alpha value is -3.09. The number of hydrogen-bond acceptors (Lipinski definition) is 5. The third-order valence-electron chi connectivity index (χ3n) is 3.69. The van der Waals surface area contributed by atoms with Crippen molar-refractivity contribution in [2.45, 2.75) is 32.6 Å². The molecular weight excluding hydrogens is 336 g/mol. The van der Waals surface area contributed by atoms with E-state index in [0.717, 1.165) is 12.8 Å². The Morgan fingerprint density at radius 3 is 2.50 bits per heavy atom. The molecule has 1 amide bonds. The molecule has 0 saturated heterocycles. The Balaban J connectivity index is 1.98. The monoisotopic (exact) mass is 358 g/mol. The summed E-state index contributed by atoms with van der Waals surface area (Å²) in [6, 6.07) is 8.92. The summed E-state index contributed by atoms with van der Waals surface area (Å²) in [7, 11) is 0. The van der Waals surface area contributed by atoms with Crippen LogP contribution in [0, 0.1) is 0 Å². The molecule has 0 radical (unpaired) electrons. The minimum absolute atomic E-state index is 0.259. The van der Waals surface area contributed by atoms with Crippen molar-refractivity contribution in [1.82, 2.24) is 10.3 Å². The zero-order valence-electron chi connectivity index (χ0n) is 14.6. The van der Waals surface area contributed by atoms with E-state index in [4.69, 9.17) is 9.84 Å². The third-order valence-corrected chi connectivity index (χ3v) is 3.69. The summed E-state index contributed by atoms with van der Waals surface area (Å²) in [5.41, 5.74) is 0.974. The van der Waals surface area contributed by atoms with E-state index in [1.54, 1.807) is 0 Å². The number of carbonyl (C=O) groups excluding carboxylic acids is 1. The molecular formula is C19H22N2O5. The molecule has 0 fully saturated rings. The number of aromatic hydroxyl groups is 1. The Bertz CT molecular complexity index is 759. The zero-order chi connectivity index (χ0) is 18.9. The summed E-state index contributed by atoms with van der Waals surface area (Å²) in [6.07, 6.45) is 5.86. The normalized spacial score (nSPS) is 10.3. The van der Waals surface area contributed by atoms with E-state index in [2.05, 4.69) is 17.2 Å². The molecule has 7 nitrogen and oxygen atoms in total. The van der Waals surface area contributed by atoms with Gasteiger partial charge in [0.1, 0.15) is 18.0 Å². The first-order valence-corrected chi connectivity index (χ1v) is 8.45. The van der Waals surface area contributed by atoms with E-state index in [9.17, 15) is 14.7 Å². The minimum Gasteiger partial charge on any atom is -0.505 e. The number of carboxylic acids is 1. The van der Waals surface area contributed by atoms with Gasteiger partial charge in [-0.1, -0.05) is 31.9 Å². The van der Waals surface area contributed by atoms with Gasteiger partial charge in [0.15, 0.2) is 11.4 Å². The van der Waals surface area contributed by atoms with Crippen molar-refractivity contribution in [1.29, 1.82) is 0 Å². The molecule has 138 valence electrons. The standard InChI is InChI=1S/C19H22N2O5/c1-2-3-4-5-13-6-8-14(9-7-13)26-15-10-16(22)18(20-11-15)19(25)21-12-17(23)24/h6-11,22H,2-5,12H2,1H3,(H,21,25)(H,23,24). The van der Waals surface area contributed by atoms with Crippen molar-refractivity contribution in [3.8, 4) is 17.2 Å². The fourth-order valence-electron chi connectivity index (χ4n) is 2.34. The van der Waals surface area contributed by atoms with Crippen LogP contribution < -0.4 is 10.1 Å². The van der Waals surface area contributed by atoms with Crippen LogP contribution in [0.5, 0.6) is 17.2 Å². The lowest BCUT2D eigenvalue weighted by atomic mass is 10.1. The molecule has 1 heterocycles. The number of nitrogens with one attached hydrogen (secondary N) is 1. The van der Waals surface area contributed by atoms with Crippen molar-refractivity contribution in [2.75, 3.05) is 6.54 Å². The molecule has 0 aliphatic heterocycles. The minimum atomic E-state index is -1.18. The van der Waals surface area contributed by atoms with Crippen molar-refractivity contribution in [3.63, 3.8) is 0 Å². The molecule has 0 bridgehead atoms. The molecule has 1 aromatic carbocycles. The molecule has 0 spiro atoms. The van der Waals surface area contributed by atoms with Gasteiger partial charge in [0, 0.05) is 6.07 Å². The number of aliphatic carboxylic acids is 1. The number of aryl methyl sites for hydroxylation is 1.